The summed E-state index contributed by atoms with van der Waals surface area (Å²) in [6.45, 7) is 0. The molecule has 0 heterocycles. The van der Waals surface area contributed by atoms with Gasteiger partial charge in [0.25, 0.3) is 0 Å². The highest BCUT2D eigenvalue weighted by Gasteiger charge is 1.96. The maximum atomic E-state index is 3.06. The molecule has 15 heavy (non-hydrogen) atoms. The standard InChI is InChI=1S/C13H13NS/c1-14-15-13-9-7-12(8-10-13)11-5-3-2-4-6-11/h2-10,14H,1H3. The third-order valence-electron chi connectivity index (χ3n) is 2.18. The van der Waals surface area contributed by atoms with Crippen molar-refractivity contribution in [2.24, 2.45) is 0 Å². The van der Waals surface area contributed by atoms with Gasteiger partial charge in [-0.15, -0.1) is 0 Å². The van der Waals surface area contributed by atoms with Crippen molar-refractivity contribution in [1.82, 2.24) is 4.72 Å². The minimum absolute atomic E-state index is 1.23. The van der Waals surface area contributed by atoms with E-state index in [9.17, 15) is 0 Å². The van der Waals surface area contributed by atoms with Gasteiger partial charge < -0.3 is 0 Å². The maximum Gasteiger partial charge on any atom is 0.0228 e. The number of rotatable bonds is 3. The van der Waals surface area contributed by atoms with Crippen molar-refractivity contribution in [3.63, 3.8) is 0 Å². The second kappa shape index (κ2) is 5.01. The third-order valence-corrected chi connectivity index (χ3v) is 2.89. The molecule has 1 nitrogen and oxygen atoms in total. The van der Waals surface area contributed by atoms with E-state index in [4.69, 9.17) is 0 Å². The largest absolute Gasteiger partial charge is 0.263 e. The average molecular weight is 215 g/mol. The minimum atomic E-state index is 1.23. The number of hydrogen-bond donors (Lipinski definition) is 1. The predicted molar refractivity (Wildman–Crippen MR) is 66.8 cm³/mol. The molecule has 0 saturated carbocycles. The van der Waals surface area contributed by atoms with E-state index >= 15 is 0 Å². The van der Waals surface area contributed by atoms with Crippen molar-refractivity contribution in [2.45, 2.75) is 4.90 Å². The maximum absolute atomic E-state index is 3.06. The summed E-state index contributed by atoms with van der Waals surface area (Å²) in [4.78, 5) is 1.23. The van der Waals surface area contributed by atoms with Crippen molar-refractivity contribution < 1.29 is 0 Å². The lowest BCUT2D eigenvalue weighted by molar-refractivity contribution is 1.28. The van der Waals surface area contributed by atoms with Gasteiger partial charge in [0.2, 0.25) is 0 Å². The molecule has 0 aliphatic carbocycles. The van der Waals surface area contributed by atoms with Crippen LogP contribution in [0.1, 0.15) is 0 Å². The van der Waals surface area contributed by atoms with E-state index in [1.807, 2.05) is 13.1 Å². The molecule has 0 bridgehead atoms. The van der Waals surface area contributed by atoms with Crippen molar-refractivity contribution in [2.75, 3.05) is 7.05 Å². The predicted octanol–water partition coefficient (Wildman–Crippen LogP) is 3.58. The van der Waals surface area contributed by atoms with Crippen LogP contribution < -0.4 is 4.72 Å². The number of hydrogen-bond acceptors (Lipinski definition) is 2. The van der Waals surface area contributed by atoms with Gasteiger partial charge in [-0.3, -0.25) is 4.72 Å². The molecule has 0 radical (unpaired) electrons. The Morgan fingerprint density at radius 3 is 2.00 bits per heavy atom. The smallest absolute Gasteiger partial charge is 0.0228 e. The molecule has 0 spiro atoms. The van der Waals surface area contributed by atoms with Crippen LogP contribution in [-0.2, 0) is 0 Å². The fourth-order valence-corrected chi connectivity index (χ4v) is 1.97. The summed E-state index contributed by atoms with van der Waals surface area (Å²) in [6.07, 6.45) is 0. The lowest BCUT2D eigenvalue weighted by Gasteiger charge is -2.03. The Balaban J connectivity index is 2.24. The molecule has 0 aliphatic rings. The highest BCUT2D eigenvalue weighted by atomic mass is 32.2. The average Bonchev–Trinajstić information content (AvgIpc) is 2.32. The summed E-state index contributed by atoms with van der Waals surface area (Å²) in [5, 5.41) is 0. The van der Waals surface area contributed by atoms with Crippen LogP contribution >= 0.6 is 11.9 Å². The van der Waals surface area contributed by atoms with Gasteiger partial charge in [0.1, 0.15) is 0 Å². The van der Waals surface area contributed by atoms with E-state index in [0.717, 1.165) is 0 Å². The monoisotopic (exact) mass is 215 g/mol. The first-order valence-electron chi connectivity index (χ1n) is 4.89. The first-order valence-corrected chi connectivity index (χ1v) is 5.71. The van der Waals surface area contributed by atoms with Crippen molar-refractivity contribution in [3.8, 4) is 11.1 Å². The van der Waals surface area contributed by atoms with Crippen LogP contribution in [-0.4, -0.2) is 7.05 Å². The van der Waals surface area contributed by atoms with E-state index < -0.39 is 0 Å². The summed E-state index contributed by atoms with van der Waals surface area (Å²) in [5.41, 5.74) is 2.52. The first-order chi connectivity index (χ1) is 7.40. The summed E-state index contributed by atoms with van der Waals surface area (Å²) in [7, 11) is 1.93. The molecule has 76 valence electrons. The van der Waals surface area contributed by atoms with E-state index in [1.54, 1.807) is 11.9 Å². The number of benzene rings is 2. The quantitative estimate of drug-likeness (QED) is 0.785. The van der Waals surface area contributed by atoms with E-state index in [-0.39, 0.29) is 0 Å². The van der Waals surface area contributed by atoms with Crippen molar-refractivity contribution >= 4 is 11.9 Å². The SMILES string of the molecule is CNSc1ccc(-c2ccccc2)cc1. The van der Waals surface area contributed by atoms with Gasteiger partial charge in [-0.1, -0.05) is 42.5 Å². The first kappa shape index (κ1) is 10.3. The number of nitrogens with one attached hydrogen (secondary N) is 1. The summed E-state index contributed by atoms with van der Waals surface area (Å²) in [6, 6.07) is 19.0. The molecule has 0 aromatic heterocycles. The van der Waals surface area contributed by atoms with Crippen LogP contribution in [0.2, 0.25) is 0 Å². The molecule has 0 aliphatic heterocycles. The summed E-state index contributed by atoms with van der Waals surface area (Å²) in [5.74, 6) is 0. The summed E-state index contributed by atoms with van der Waals surface area (Å²) >= 11 is 1.63. The zero-order valence-electron chi connectivity index (χ0n) is 8.60. The Labute approximate surface area is 94.7 Å². The van der Waals surface area contributed by atoms with Gasteiger partial charge in [0, 0.05) is 4.90 Å². The molecule has 2 aromatic rings. The molecular weight excluding hydrogens is 202 g/mol. The Morgan fingerprint density at radius 1 is 0.800 bits per heavy atom. The molecule has 1 N–H and O–H groups in total. The van der Waals surface area contributed by atoms with Gasteiger partial charge in [-0.05, 0) is 42.3 Å². The van der Waals surface area contributed by atoms with Gasteiger partial charge in [0.05, 0.1) is 0 Å². The minimum Gasteiger partial charge on any atom is -0.263 e. The molecule has 0 amide bonds. The van der Waals surface area contributed by atoms with Crippen LogP contribution in [0.15, 0.2) is 59.5 Å². The lowest BCUT2D eigenvalue weighted by Crippen LogP contribution is -1.89. The van der Waals surface area contributed by atoms with Crippen LogP contribution in [0.4, 0.5) is 0 Å². The molecule has 2 rings (SSSR count). The molecule has 0 saturated heterocycles. The highest BCUT2D eigenvalue weighted by Crippen LogP contribution is 2.22. The fourth-order valence-electron chi connectivity index (χ4n) is 1.46. The van der Waals surface area contributed by atoms with Crippen LogP contribution in [0.3, 0.4) is 0 Å². The van der Waals surface area contributed by atoms with Crippen LogP contribution in [0, 0.1) is 0 Å². The molecule has 0 unspecified atom stereocenters. The molecule has 0 atom stereocenters. The Hall–Kier alpha value is -1.25. The second-order valence-corrected chi connectivity index (χ2v) is 4.28. The zero-order valence-corrected chi connectivity index (χ0v) is 9.42. The Morgan fingerprint density at radius 2 is 1.40 bits per heavy atom. The van der Waals surface area contributed by atoms with E-state index in [1.165, 1.54) is 16.0 Å². The molecular formula is C13H13NS. The van der Waals surface area contributed by atoms with Crippen LogP contribution in [0.25, 0.3) is 11.1 Å². The van der Waals surface area contributed by atoms with Crippen molar-refractivity contribution in [3.05, 3.63) is 54.6 Å². The van der Waals surface area contributed by atoms with Gasteiger partial charge in [0.15, 0.2) is 0 Å². The zero-order chi connectivity index (χ0) is 10.5. The second-order valence-electron chi connectivity index (χ2n) is 3.20. The molecule has 2 aromatic carbocycles. The van der Waals surface area contributed by atoms with Crippen molar-refractivity contribution in [1.29, 1.82) is 0 Å². The lowest BCUT2D eigenvalue weighted by atomic mass is 10.1. The normalized spacial score (nSPS) is 10.2. The molecule has 0 fully saturated rings. The van der Waals surface area contributed by atoms with Gasteiger partial charge in [-0.25, -0.2) is 0 Å². The third kappa shape index (κ3) is 2.61. The topological polar surface area (TPSA) is 12.0 Å². The molecule has 2 heteroatoms. The fraction of sp³-hybridized carbons (Fsp3) is 0.0769. The van der Waals surface area contributed by atoms with Gasteiger partial charge >= 0.3 is 0 Å². The highest BCUT2D eigenvalue weighted by molar-refractivity contribution is 7.97. The van der Waals surface area contributed by atoms with Gasteiger partial charge in [-0.2, -0.15) is 0 Å². The van der Waals surface area contributed by atoms with E-state index in [2.05, 4.69) is 53.3 Å². The Kier molecular flexibility index (Phi) is 3.43. The van der Waals surface area contributed by atoms with Crippen LogP contribution in [0.5, 0.6) is 0 Å². The Bertz CT molecular complexity index is 408. The summed E-state index contributed by atoms with van der Waals surface area (Å²) < 4.78 is 3.06. The van der Waals surface area contributed by atoms with E-state index in [0.29, 0.717) is 0 Å².